The van der Waals surface area contributed by atoms with Gasteiger partial charge >= 0.3 is 52.9 Å². The van der Waals surface area contributed by atoms with Gasteiger partial charge in [-0.15, -0.1) is 0 Å². The van der Waals surface area contributed by atoms with E-state index >= 15 is 0 Å². The molecule has 38 heavy (non-hydrogen) atoms. The van der Waals surface area contributed by atoms with Crippen LogP contribution >= 0.6 is 0 Å². The SMILES string of the molecule is CN(C)CCCNS(=O)(=O)C(F)(F)C(F)(F)C(F)(F)C(F)(F)C(F)(F)C(F)(F)C(F)(F)C(F)(F)C(F)(F)F. The van der Waals surface area contributed by atoms with Crippen LogP contribution in [0.15, 0.2) is 0 Å². The van der Waals surface area contributed by atoms with E-state index in [-0.39, 0.29) is 6.54 Å². The van der Waals surface area contributed by atoms with Crippen molar-refractivity contribution in [1.82, 2.24) is 9.62 Å². The fourth-order valence-corrected chi connectivity index (χ4v) is 3.27. The van der Waals surface area contributed by atoms with Crippen LogP contribution in [0, 0.1) is 0 Å². The van der Waals surface area contributed by atoms with Crippen molar-refractivity contribution in [2.75, 3.05) is 27.2 Å². The Morgan fingerprint density at radius 2 is 0.816 bits per heavy atom. The fraction of sp³-hybridized carbons (Fsp3) is 1.00. The van der Waals surface area contributed by atoms with Gasteiger partial charge in [0.15, 0.2) is 0 Å². The third-order valence-corrected chi connectivity index (χ3v) is 6.01. The molecule has 0 amide bonds. The molecule has 0 unspecified atom stereocenters. The zero-order valence-corrected chi connectivity index (χ0v) is 18.8. The van der Waals surface area contributed by atoms with Crippen molar-refractivity contribution < 1.29 is 91.8 Å². The average molecular weight is 634 g/mol. The molecule has 0 aromatic carbocycles. The molecule has 0 aromatic heterocycles. The van der Waals surface area contributed by atoms with Crippen molar-refractivity contribution in [3.8, 4) is 0 Å². The van der Waals surface area contributed by atoms with Crippen LogP contribution in [0.1, 0.15) is 6.42 Å². The molecule has 0 aliphatic carbocycles. The van der Waals surface area contributed by atoms with E-state index in [1.54, 1.807) is 0 Å². The first-order chi connectivity index (χ1) is 16.2. The van der Waals surface area contributed by atoms with E-state index in [1.165, 1.54) is 19.0 Å². The van der Waals surface area contributed by atoms with Gasteiger partial charge in [-0.2, -0.15) is 83.4 Å². The van der Waals surface area contributed by atoms with Crippen molar-refractivity contribution in [2.24, 2.45) is 0 Å². The predicted molar refractivity (Wildman–Crippen MR) is 85.7 cm³/mol. The molecule has 0 spiro atoms. The summed E-state index contributed by atoms with van der Waals surface area (Å²) in [5.41, 5.74) is 0. The van der Waals surface area contributed by atoms with Crippen LogP contribution in [0.5, 0.6) is 0 Å². The van der Waals surface area contributed by atoms with Crippen LogP contribution in [0.4, 0.5) is 83.4 Å². The third-order valence-electron chi connectivity index (χ3n) is 4.50. The van der Waals surface area contributed by atoms with Gasteiger partial charge in [-0.3, -0.25) is 0 Å². The Balaban J connectivity index is 6.79. The summed E-state index contributed by atoms with van der Waals surface area (Å²) in [5, 5.41) is -7.64. The summed E-state index contributed by atoms with van der Waals surface area (Å²) in [6.45, 7) is -1.59. The number of hydrogen-bond donors (Lipinski definition) is 1. The maximum absolute atomic E-state index is 13.8. The number of sulfonamides is 1. The zero-order chi connectivity index (χ0) is 31.4. The molecule has 0 saturated heterocycles. The van der Waals surface area contributed by atoms with E-state index in [0.29, 0.717) is 4.72 Å². The van der Waals surface area contributed by atoms with E-state index in [9.17, 15) is 91.8 Å². The van der Waals surface area contributed by atoms with Gasteiger partial charge in [0.05, 0.1) is 0 Å². The van der Waals surface area contributed by atoms with Gasteiger partial charge < -0.3 is 4.90 Å². The van der Waals surface area contributed by atoms with Crippen molar-refractivity contribution in [3.63, 3.8) is 0 Å². The maximum Gasteiger partial charge on any atom is 0.460 e. The summed E-state index contributed by atoms with van der Waals surface area (Å²) < 4.78 is 274. The second-order valence-electron chi connectivity index (χ2n) is 7.59. The number of alkyl halides is 19. The molecule has 0 saturated carbocycles. The molecule has 0 rings (SSSR count). The Hall–Kier alpha value is -1.46. The molecule has 0 bridgehead atoms. The minimum atomic E-state index is -9.11. The van der Waals surface area contributed by atoms with E-state index < -0.39 is 75.9 Å². The number of nitrogens with zero attached hydrogens (tertiary/aromatic N) is 1. The summed E-state index contributed by atoms with van der Waals surface area (Å²) >= 11 is 0. The molecule has 0 atom stereocenters. The van der Waals surface area contributed by atoms with Gasteiger partial charge in [-0.1, -0.05) is 0 Å². The minimum Gasteiger partial charge on any atom is -0.309 e. The van der Waals surface area contributed by atoms with Crippen LogP contribution in [-0.4, -0.2) is 93.4 Å². The summed E-state index contributed by atoms with van der Waals surface area (Å²) in [6.07, 6.45) is -8.57. The Bertz CT molecular complexity index is 942. The Kier molecular flexibility index (Phi) is 9.49. The standard InChI is InChI=1S/C14H13F19N2O2S/c1-35(2)5-3-4-34-38(36,37)14(32,33)12(27,28)10(23,24)8(19,20)6(15,16)7(17,18)9(21,22)11(25,26)13(29,30)31/h34H,3-5H2,1-2H3. The third kappa shape index (κ3) is 5.07. The summed E-state index contributed by atoms with van der Waals surface area (Å²) in [7, 11) is -4.79. The largest absolute Gasteiger partial charge is 0.460 e. The van der Waals surface area contributed by atoms with Crippen molar-refractivity contribution in [1.29, 1.82) is 0 Å². The summed E-state index contributed by atoms with van der Waals surface area (Å²) in [6, 6.07) is 0. The van der Waals surface area contributed by atoms with Crippen LogP contribution in [0.25, 0.3) is 0 Å². The molecule has 0 fully saturated rings. The number of nitrogens with one attached hydrogen (secondary N) is 1. The number of rotatable bonds is 13. The van der Waals surface area contributed by atoms with E-state index in [4.69, 9.17) is 0 Å². The van der Waals surface area contributed by atoms with Gasteiger partial charge in [0.25, 0.3) is 10.0 Å². The van der Waals surface area contributed by atoms with Gasteiger partial charge in [-0.25, -0.2) is 13.1 Å². The van der Waals surface area contributed by atoms with Gasteiger partial charge in [-0.05, 0) is 27.1 Å². The van der Waals surface area contributed by atoms with Crippen molar-refractivity contribution in [3.05, 3.63) is 0 Å². The van der Waals surface area contributed by atoms with Crippen molar-refractivity contribution >= 4 is 10.0 Å². The van der Waals surface area contributed by atoms with Gasteiger partial charge in [0, 0.05) is 6.54 Å². The lowest BCUT2D eigenvalue weighted by Crippen LogP contribution is -2.76. The van der Waals surface area contributed by atoms with Crippen LogP contribution < -0.4 is 4.72 Å². The lowest BCUT2D eigenvalue weighted by molar-refractivity contribution is -0.466. The number of hydrogen-bond acceptors (Lipinski definition) is 3. The van der Waals surface area contributed by atoms with E-state index in [2.05, 4.69) is 0 Å². The highest BCUT2D eigenvalue weighted by Gasteiger charge is 2.97. The van der Waals surface area contributed by atoms with Crippen LogP contribution in [0.3, 0.4) is 0 Å². The van der Waals surface area contributed by atoms with E-state index in [1.807, 2.05) is 0 Å². The first-order valence-corrected chi connectivity index (χ1v) is 10.4. The molecule has 230 valence electrons. The Morgan fingerprint density at radius 3 is 1.11 bits per heavy atom. The summed E-state index contributed by atoms with van der Waals surface area (Å²) in [5.74, 6) is -61.7. The van der Waals surface area contributed by atoms with Gasteiger partial charge in [0.1, 0.15) is 0 Å². The Morgan fingerprint density at radius 1 is 0.526 bits per heavy atom. The Labute approximate surface area is 199 Å². The van der Waals surface area contributed by atoms with E-state index in [0.717, 1.165) is 0 Å². The lowest BCUT2D eigenvalue weighted by atomic mass is 9.89. The lowest BCUT2D eigenvalue weighted by Gasteiger charge is -2.43. The molecule has 0 aliphatic rings. The normalized spacial score (nSPS) is 16.4. The second kappa shape index (κ2) is 9.87. The van der Waals surface area contributed by atoms with Crippen LogP contribution in [0.2, 0.25) is 0 Å². The molecule has 4 nitrogen and oxygen atoms in total. The van der Waals surface area contributed by atoms with Gasteiger partial charge in [0.2, 0.25) is 0 Å². The molecule has 0 heterocycles. The molecular formula is C14H13F19N2O2S. The topological polar surface area (TPSA) is 49.4 Å². The molecule has 0 aliphatic heterocycles. The highest BCUT2D eigenvalue weighted by molar-refractivity contribution is 7.90. The smallest absolute Gasteiger partial charge is 0.309 e. The highest BCUT2D eigenvalue weighted by atomic mass is 32.2. The molecule has 1 N–H and O–H groups in total. The van der Waals surface area contributed by atoms with Crippen molar-refractivity contribution in [2.45, 2.75) is 59.3 Å². The first kappa shape index (κ1) is 36.5. The molecular weight excluding hydrogens is 621 g/mol. The second-order valence-corrected chi connectivity index (χ2v) is 9.40. The minimum absolute atomic E-state index is 0.239. The predicted octanol–water partition coefficient (Wildman–Crippen LogP) is 5.46. The molecule has 0 radical (unpaired) electrons. The highest BCUT2D eigenvalue weighted by Crippen LogP contribution is 2.65. The monoisotopic (exact) mass is 634 g/mol. The molecule has 0 aromatic rings. The maximum atomic E-state index is 13.8. The average Bonchev–Trinajstić information content (AvgIpc) is 2.68. The zero-order valence-electron chi connectivity index (χ0n) is 18.0. The summed E-state index contributed by atoms with van der Waals surface area (Å²) in [4.78, 5) is 1.19. The quantitative estimate of drug-likeness (QED) is 0.217. The molecule has 24 heteroatoms. The first-order valence-electron chi connectivity index (χ1n) is 8.90. The van der Waals surface area contributed by atoms with Crippen LogP contribution in [-0.2, 0) is 10.0 Å². The fourth-order valence-electron chi connectivity index (χ4n) is 2.21. The number of halogens is 19.